The highest BCUT2D eigenvalue weighted by Crippen LogP contribution is 2.35. The summed E-state index contributed by atoms with van der Waals surface area (Å²) in [7, 11) is 1.42. The molecule has 2 heterocycles. The van der Waals surface area contributed by atoms with E-state index in [9.17, 15) is 19.2 Å². The molecular formula is C20H20N2O8. The third-order valence-corrected chi connectivity index (χ3v) is 4.44. The second kappa shape index (κ2) is 8.47. The lowest BCUT2D eigenvalue weighted by Crippen LogP contribution is -2.74. The first-order chi connectivity index (χ1) is 14.2. The number of aryl methyl sites for hydroxylation is 1. The molecule has 0 aliphatic carbocycles. The molecule has 0 fully saturated rings. The number of nitrogens with zero attached hydrogens (tertiary/aromatic N) is 1. The molecule has 0 atom stereocenters. The fraction of sp³-hybridized carbons (Fsp3) is 0.300. The molecule has 0 bridgehead atoms. The van der Waals surface area contributed by atoms with Crippen LogP contribution in [-0.2, 0) is 44.5 Å². The molecule has 0 radical (unpaired) electrons. The number of carbonyl (C=O) groups excluding carboxylic acids is 4. The molecule has 2 N–H and O–H groups in total. The first-order valence-electron chi connectivity index (χ1n) is 9.06. The maximum Gasteiger partial charge on any atom is 0.419 e. The number of ether oxygens (including phenoxy) is 4. The fourth-order valence-electron chi connectivity index (χ4n) is 3.03. The van der Waals surface area contributed by atoms with E-state index in [0.717, 1.165) is 29.9 Å². The minimum atomic E-state index is -2.76. The van der Waals surface area contributed by atoms with Crippen LogP contribution in [0, 0.1) is 0 Å². The third kappa shape index (κ3) is 4.39. The molecule has 10 nitrogen and oxygen atoms in total. The number of hydrogen-bond donors (Lipinski definition) is 1. The van der Waals surface area contributed by atoms with Gasteiger partial charge in [-0.1, -0.05) is 30.3 Å². The Labute approximate surface area is 171 Å². The van der Waals surface area contributed by atoms with Gasteiger partial charge >= 0.3 is 35.7 Å². The van der Waals surface area contributed by atoms with Gasteiger partial charge in [0.15, 0.2) is 0 Å². The number of carbonyl (C=O) groups is 4. The Balaban J connectivity index is 1.91. The average molecular weight is 416 g/mol. The van der Waals surface area contributed by atoms with E-state index >= 15 is 0 Å². The number of cyclic esters (lactones) is 4. The summed E-state index contributed by atoms with van der Waals surface area (Å²) in [5.41, 5.74) is 7.13. The van der Waals surface area contributed by atoms with Crippen LogP contribution < -0.4 is 5.73 Å². The number of nitrogens with two attached hydrogens (primary N) is 1. The molecule has 1 aromatic rings. The fourth-order valence-corrected chi connectivity index (χ4v) is 3.03. The lowest BCUT2D eigenvalue weighted by molar-refractivity contribution is -0.402. The normalized spacial score (nSPS) is 20.0. The molecule has 30 heavy (non-hydrogen) atoms. The van der Waals surface area contributed by atoms with Crippen molar-refractivity contribution in [3.8, 4) is 0 Å². The Morgan fingerprint density at radius 1 is 0.800 bits per heavy atom. The highest BCUT2D eigenvalue weighted by molar-refractivity contribution is 5.95. The molecule has 0 unspecified atom stereocenters. The topological polar surface area (TPSA) is 134 Å². The Kier molecular flexibility index (Phi) is 5.99. The molecule has 10 heteroatoms. The van der Waals surface area contributed by atoms with Crippen LogP contribution in [-0.4, -0.2) is 54.2 Å². The van der Waals surface area contributed by atoms with E-state index in [1.165, 1.54) is 11.9 Å². The van der Waals surface area contributed by atoms with E-state index < -0.39 is 35.7 Å². The molecule has 0 spiro atoms. The minimum Gasteiger partial charge on any atom is -0.398 e. The van der Waals surface area contributed by atoms with Gasteiger partial charge < -0.3 is 18.9 Å². The quantitative estimate of drug-likeness (QED) is 0.638. The molecule has 2 aliphatic rings. The second-order valence-corrected chi connectivity index (χ2v) is 6.61. The summed E-state index contributed by atoms with van der Waals surface area (Å²) in [4.78, 5) is 49.5. The van der Waals surface area contributed by atoms with Crippen molar-refractivity contribution >= 4 is 23.9 Å². The van der Waals surface area contributed by atoms with Crippen LogP contribution >= 0.6 is 0 Å². The largest absolute Gasteiger partial charge is 0.419 e. The van der Waals surface area contributed by atoms with Crippen LogP contribution in [0.3, 0.4) is 0 Å². The highest BCUT2D eigenvalue weighted by atomic mass is 16.8. The summed E-state index contributed by atoms with van der Waals surface area (Å²) in [5, 5.41) is 0. The van der Waals surface area contributed by atoms with E-state index in [0.29, 0.717) is 12.8 Å². The van der Waals surface area contributed by atoms with Crippen LogP contribution in [0.5, 0.6) is 0 Å². The number of benzene rings is 1. The van der Waals surface area contributed by atoms with Crippen molar-refractivity contribution in [2.45, 2.75) is 24.7 Å². The standard InChI is InChI=1S/C20H20N2O8/c1-22(13-5-8-14-6-3-2-4-7-14)20(29-17(25)11-12-18(26)30-20)19(21)27-15(23)9-10-16(24)28-19/h2-4,6-7,9-12H,5,8,13,21H2,1H3. The molecule has 1 aromatic carbocycles. The van der Waals surface area contributed by atoms with Crippen LogP contribution in [0.15, 0.2) is 54.6 Å². The predicted molar refractivity (Wildman–Crippen MR) is 99.7 cm³/mol. The van der Waals surface area contributed by atoms with E-state index in [2.05, 4.69) is 0 Å². The van der Waals surface area contributed by atoms with Crippen molar-refractivity contribution in [2.75, 3.05) is 13.6 Å². The zero-order valence-corrected chi connectivity index (χ0v) is 16.1. The van der Waals surface area contributed by atoms with Gasteiger partial charge in [0.2, 0.25) is 0 Å². The van der Waals surface area contributed by atoms with Crippen molar-refractivity contribution in [3.63, 3.8) is 0 Å². The summed E-state index contributed by atoms with van der Waals surface area (Å²) in [6.45, 7) is 0.164. The van der Waals surface area contributed by atoms with Gasteiger partial charge in [-0.05, 0) is 25.5 Å². The van der Waals surface area contributed by atoms with Crippen molar-refractivity contribution in [3.05, 3.63) is 60.2 Å². The molecular weight excluding hydrogens is 396 g/mol. The highest BCUT2D eigenvalue weighted by Gasteiger charge is 2.67. The maximum atomic E-state index is 12.2. The summed E-state index contributed by atoms with van der Waals surface area (Å²) >= 11 is 0. The Morgan fingerprint density at radius 3 is 1.77 bits per heavy atom. The first-order valence-corrected chi connectivity index (χ1v) is 9.06. The predicted octanol–water partition coefficient (Wildman–Crippen LogP) is 0.130. The molecule has 0 saturated carbocycles. The monoisotopic (exact) mass is 416 g/mol. The van der Waals surface area contributed by atoms with Gasteiger partial charge in [-0.3, -0.25) is 0 Å². The maximum absolute atomic E-state index is 12.2. The zero-order chi connectivity index (χ0) is 21.8. The number of likely N-dealkylation sites (N-methyl/N-ethyl adjacent to an activating group) is 1. The Hall–Kier alpha value is -3.50. The van der Waals surface area contributed by atoms with Crippen molar-refractivity contribution < 1.29 is 38.1 Å². The van der Waals surface area contributed by atoms with Gasteiger partial charge in [0.25, 0.3) is 0 Å². The van der Waals surface area contributed by atoms with Gasteiger partial charge in [-0.2, -0.15) is 0 Å². The van der Waals surface area contributed by atoms with Crippen molar-refractivity contribution in [1.82, 2.24) is 4.90 Å². The van der Waals surface area contributed by atoms with E-state index in [-0.39, 0.29) is 6.54 Å². The van der Waals surface area contributed by atoms with E-state index in [1.807, 2.05) is 30.3 Å². The Morgan fingerprint density at radius 2 is 1.27 bits per heavy atom. The molecule has 0 saturated heterocycles. The van der Waals surface area contributed by atoms with Crippen molar-refractivity contribution in [2.24, 2.45) is 5.73 Å². The smallest absolute Gasteiger partial charge is 0.398 e. The van der Waals surface area contributed by atoms with Gasteiger partial charge in [0.05, 0.1) is 0 Å². The molecule has 0 aromatic heterocycles. The first kappa shape index (κ1) is 21.2. The number of rotatable bonds is 6. The van der Waals surface area contributed by atoms with Crippen LogP contribution in [0.25, 0.3) is 0 Å². The third-order valence-electron chi connectivity index (χ3n) is 4.44. The molecule has 3 rings (SSSR count). The SMILES string of the molecule is CN(CCCc1ccccc1)C1(C2(N)OC(=O)C=CC(=O)O2)OC(=O)C=CC(=O)O1. The molecule has 0 amide bonds. The van der Waals surface area contributed by atoms with Crippen LogP contribution in [0.2, 0.25) is 0 Å². The van der Waals surface area contributed by atoms with Gasteiger partial charge in [-0.15, -0.1) is 0 Å². The summed E-state index contributed by atoms with van der Waals surface area (Å²) in [5.74, 6) is -9.44. The van der Waals surface area contributed by atoms with Gasteiger partial charge in [-0.25, -0.2) is 29.8 Å². The summed E-state index contributed by atoms with van der Waals surface area (Å²) in [6, 6.07) is 9.57. The van der Waals surface area contributed by atoms with Gasteiger partial charge in [0.1, 0.15) is 0 Å². The zero-order valence-electron chi connectivity index (χ0n) is 16.1. The van der Waals surface area contributed by atoms with Crippen molar-refractivity contribution in [1.29, 1.82) is 0 Å². The molecule has 158 valence electrons. The average Bonchev–Trinajstić information content (AvgIpc) is 2.94. The number of esters is 4. The number of hydrogen-bond acceptors (Lipinski definition) is 10. The molecule has 2 aliphatic heterocycles. The Bertz CT molecular complexity index is 869. The minimum absolute atomic E-state index is 0.164. The summed E-state index contributed by atoms with van der Waals surface area (Å²) in [6.07, 6.45) is 4.38. The lowest BCUT2D eigenvalue weighted by atomic mass is 10.1. The lowest BCUT2D eigenvalue weighted by Gasteiger charge is -2.45. The van der Waals surface area contributed by atoms with Crippen LogP contribution in [0.4, 0.5) is 0 Å². The van der Waals surface area contributed by atoms with E-state index in [4.69, 9.17) is 24.7 Å². The van der Waals surface area contributed by atoms with Gasteiger partial charge in [0, 0.05) is 30.8 Å². The second-order valence-electron chi connectivity index (χ2n) is 6.61. The van der Waals surface area contributed by atoms with E-state index in [1.54, 1.807) is 0 Å². The van der Waals surface area contributed by atoms with Crippen LogP contribution in [0.1, 0.15) is 12.0 Å². The summed E-state index contributed by atoms with van der Waals surface area (Å²) < 4.78 is 20.6.